The van der Waals surface area contributed by atoms with Crippen molar-refractivity contribution in [3.05, 3.63) is 65.7 Å². The van der Waals surface area contributed by atoms with Crippen LogP contribution in [0.3, 0.4) is 0 Å². The fourth-order valence-corrected chi connectivity index (χ4v) is 1.79. The van der Waals surface area contributed by atoms with Crippen molar-refractivity contribution < 1.29 is 4.74 Å². The Hall–Kier alpha value is -2.07. The maximum absolute atomic E-state index is 5.74. The van der Waals surface area contributed by atoms with Crippen molar-refractivity contribution in [2.75, 3.05) is 7.05 Å². The molecule has 20 heavy (non-hydrogen) atoms. The van der Waals surface area contributed by atoms with E-state index in [1.54, 1.807) is 7.05 Å². The standard InChI is InChI=1S/C16H18N2OS/c1-17-16(20)18-11-13-7-9-15(10-8-13)19-12-14-5-3-2-4-6-14/h2-10H,11-12H2,1H3,(H2,17,18,20). The van der Waals surface area contributed by atoms with Crippen molar-refractivity contribution in [3.8, 4) is 5.75 Å². The van der Waals surface area contributed by atoms with Crippen LogP contribution >= 0.6 is 12.2 Å². The van der Waals surface area contributed by atoms with E-state index in [1.165, 1.54) is 0 Å². The Balaban J connectivity index is 1.84. The fraction of sp³-hybridized carbons (Fsp3) is 0.188. The van der Waals surface area contributed by atoms with E-state index in [0.717, 1.165) is 16.9 Å². The highest BCUT2D eigenvalue weighted by atomic mass is 32.1. The third kappa shape index (κ3) is 4.55. The van der Waals surface area contributed by atoms with Crippen LogP contribution in [0.2, 0.25) is 0 Å². The van der Waals surface area contributed by atoms with Gasteiger partial charge in [-0.1, -0.05) is 42.5 Å². The highest BCUT2D eigenvalue weighted by Gasteiger charge is 1.98. The van der Waals surface area contributed by atoms with E-state index in [2.05, 4.69) is 22.8 Å². The Kier molecular flexibility index (Phi) is 5.38. The van der Waals surface area contributed by atoms with E-state index in [9.17, 15) is 0 Å². The zero-order chi connectivity index (χ0) is 14.2. The van der Waals surface area contributed by atoms with Gasteiger partial charge in [-0.15, -0.1) is 0 Å². The molecule has 0 aliphatic heterocycles. The molecule has 0 saturated carbocycles. The number of hydrogen-bond donors (Lipinski definition) is 2. The van der Waals surface area contributed by atoms with Crippen LogP contribution in [0.1, 0.15) is 11.1 Å². The van der Waals surface area contributed by atoms with E-state index in [4.69, 9.17) is 17.0 Å². The third-order valence-corrected chi connectivity index (χ3v) is 3.20. The number of rotatable bonds is 5. The monoisotopic (exact) mass is 286 g/mol. The van der Waals surface area contributed by atoms with Gasteiger partial charge in [0.15, 0.2) is 5.11 Å². The molecular formula is C16H18N2OS. The molecule has 3 nitrogen and oxygen atoms in total. The first-order chi connectivity index (χ1) is 9.78. The number of nitrogens with one attached hydrogen (secondary N) is 2. The Labute approximate surface area is 125 Å². The van der Waals surface area contributed by atoms with Crippen LogP contribution in [-0.4, -0.2) is 12.2 Å². The number of ether oxygens (including phenoxy) is 1. The van der Waals surface area contributed by atoms with Crippen LogP contribution in [0.25, 0.3) is 0 Å². The van der Waals surface area contributed by atoms with Crippen LogP contribution in [-0.2, 0) is 13.2 Å². The summed E-state index contributed by atoms with van der Waals surface area (Å²) in [7, 11) is 1.80. The van der Waals surface area contributed by atoms with Crippen LogP contribution in [0.15, 0.2) is 54.6 Å². The second-order valence-electron chi connectivity index (χ2n) is 4.35. The molecule has 0 spiro atoms. The Morgan fingerprint density at radius 1 is 1.00 bits per heavy atom. The summed E-state index contributed by atoms with van der Waals surface area (Å²) < 4.78 is 5.74. The first-order valence-corrected chi connectivity index (χ1v) is 6.90. The second-order valence-corrected chi connectivity index (χ2v) is 4.76. The molecule has 0 amide bonds. The summed E-state index contributed by atoms with van der Waals surface area (Å²) in [6.45, 7) is 1.29. The minimum absolute atomic E-state index is 0.586. The molecule has 2 aromatic carbocycles. The molecule has 0 saturated heterocycles. The molecule has 4 heteroatoms. The summed E-state index contributed by atoms with van der Waals surface area (Å²) in [4.78, 5) is 0. The first-order valence-electron chi connectivity index (χ1n) is 6.49. The first kappa shape index (κ1) is 14.3. The molecule has 0 aromatic heterocycles. The molecule has 0 radical (unpaired) electrons. The van der Waals surface area contributed by atoms with Crippen molar-refractivity contribution >= 4 is 17.3 Å². The Morgan fingerprint density at radius 2 is 1.70 bits per heavy atom. The van der Waals surface area contributed by atoms with Crippen LogP contribution in [0, 0.1) is 0 Å². The Bertz CT molecular complexity index is 540. The predicted molar refractivity (Wildman–Crippen MR) is 85.7 cm³/mol. The molecule has 0 heterocycles. The molecule has 104 valence electrons. The molecule has 0 fully saturated rings. The molecule has 2 aromatic rings. The molecule has 0 aliphatic carbocycles. The van der Waals surface area contributed by atoms with Gasteiger partial charge in [-0.05, 0) is 35.5 Å². The van der Waals surface area contributed by atoms with Gasteiger partial charge in [0, 0.05) is 13.6 Å². The lowest BCUT2D eigenvalue weighted by atomic mass is 10.2. The summed E-state index contributed by atoms with van der Waals surface area (Å²) in [5.41, 5.74) is 2.33. The lowest BCUT2D eigenvalue weighted by molar-refractivity contribution is 0.306. The van der Waals surface area contributed by atoms with E-state index >= 15 is 0 Å². The topological polar surface area (TPSA) is 33.3 Å². The molecule has 0 atom stereocenters. The molecular weight excluding hydrogens is 268 g/mol. The fourth-order valence-electron chi connectivity index (χ4n) is 1.72. The van der Waals surface area contributed by atoms with Gasteiger partial charge < -0.3 is 15.4 Å². The quantitative estimate of drug-likeness (QED) is 0.828. The summed E-state index contributed by atoms with van der Waals surface area (Å²) in [6, 6.07) is 18.1. The van der Waals surface area contributed by atoms with Crippen molar-refractivity contribution in [2.24, 2.45) is 0 Å². The van der Waals surface area contributed by atoms with Crippen LogP contribution in [0.4, 0.5) is 0 Å². The lowest BCUT2D eigenvalue weighted by Gasteiger charge is -2.09. The van der Waals surface area contributed by atoms with Gasteiger partial charge in [-0.25, -0.2) is 0 Å². The average molecular weight is 286 g/mol. The van der Waals surface area contributed by atoms with Crippen molar-refractivity contribution in [2.45, 2.75) is 13.2 Å². The predicted octanol–water partition coefficient (Wildman–Crippen LogP) is 2.86. The van der Waals surface area contributed by atoms with Crippen LogP contribution < -0.4 is 15.4 Å². The van der Waals surface area contributed by atoms with Gasteiger partial charge in [0.2, 0.25) is 0 Å². The molecule has 2 rings (SSSR count). The zero-order valence-corrected chi connectivity index (χ0v) is 12.2. The number of benzene rings is 2. The van der Waals surface area contributed by atoms with Crippen LogP contribution in [0.5, 0.6) is 5.75 Å². The van der Waals surface area contributed by atoms with E-state index in [1.807, 2.05) is 42.5 Å². The SMILES string of the molecule is CNC(=S)NCc1ccc(OCc2ccccc2)cc1. The normalized spacial score (nSPS) is 9.85. The van der Waals surface area contributed by atoms with Crippen molar-refractivity contribution in [1.82, 2.24) is 10.6 Å². The number of hydrogen-bond acceptors (Lipinski definition) is 2. The summed E-state index contributed by atoms with van der Waals surface area (Å²) in [6.07, 6.45) is 0. The van der Waals surface area contributed by atoms with E-state index in [-0.39, 0.29) is 0 Å². The smallest absolute Gasteiger partial charge is 0.166 e. The van der Waals surface area contributed by atoms with Crippen molar-refractivity contribution in [3.63, 3.8) is 0 Å². The van der Waals surface area contributed by atoms with Gasteiger partial charge in [0.1, 0.15) is 12.4 Å². The lowest BCUT2D eigenvalue weighted by Crippen LogP contribution is -2.31. The highest BCUT2D eigenvalue weighted by Crippen LogP contribution is 2.14. The largest absolute Gasteiger partial charge is 0.489 e. The zero-order valence-electron chi connectivity index (χ0n) is 11.4. The minimum Gasteiger partial charge on any atom is -0.489 e. The number of thiocarbonyl (C=S) groups is 1. The van der Waals surface area contributed by atoms with Gasteiger partial charge in [-0.2, -0.15) is 0 Å². The Morgan fingerprint density at radius 3 is 2.35 bits per heavy atom. The maximum Gasteiger partial charge on any atom is 0.166 e. The van der Waals surface area contributed by atoms with E-state index in [0.29, 0.717) is 18.3 Å². The molecule has 0 aliphatic rings. The van der Waals surface area contributed by atoms with Gasteiger partial charge >= 0.3 is 0 Å². The van der Waals surface area contributed by atoms with Gasteiger partial charge in [0.05, 0.1) is 0 Å². The molecule has 0 bridgehead atoms. The minimum atomic E-state index is 0.586. The highest BCUT2D eigenvalue weighted by molar-refractivity contribution is 7.80. The summed E-state index contributed by atoms with van der Waals surface area (Å²) in [5.74, 6) is 0.869. The van der Waals surface area contributed by atoms with Crippen molar-refractivity contribution in [1.29, 1.82) is 0 Å². The third-order valence-electron chi connectivity index (χ3n) is 2.85. The molecule has 2 N–H and O–H groups in total. The maximum atomic E-state index is 5.74. The summed E-state index contributed by atoms with van der Waals surface area (Å²) in [5, 5.41) is 6.63. The second kappa shape index (κ2) is 7.50. The van der Waals surface area contributed by atoms with Gasteiger partial charge in [0.25, 0.3) is 0 Å². The molecule has 0 unspecified atom stereocenters. The summed E-state index contributed by atoms with van der Waals surface area (Å²) >= 11 is 5.03. The average Bonchev–Trinajstić information content (AvgIpc) is 2.52. The van der Waals surface area contributed by atoms with E-state index < -0.39 is 0 Å². The van der Waals surface area contributed by atoms with Gasteiger partial charge in [-0.3, -0.25) is 0 Å².